The SMILES string of the molecule is O=C(O)C1(CCCOc2ccccc2)CCOCC1. The quantitative estimate of drug-likeness (QED) is 0.803. The van der Waals surface area contributed by atoms with E-state index in [0.29, 0.717) is 39.1 Å². The summed E-state index contributed by atoms with van der Waals surface area (Å²) in [6.07, 6.45) is 2.61. The van der Waals surface area contributed by atoms with Gasteiger partial charge in [0.05, 0.1) is 12.0 Å². The summed E-state index contributed by atoms with van der Waals surface area (Å²) >= 11 is 0. The number of aliphatic carboxylic acids is 1. The van der Waals surface area contributed by atoms with Gasteiger partial charge in [-0.1, -0.05) is 18.2 Å². The van der Waals surface area contributed by atoms with E-state index in [0.717, 1.165) is 12.2 Å². The smallest absolute Gasteiger partial charge is 0.309 e. The number of para-hydroxylation sites is 1. The maximum atomic E-state index is 11.4. The summed E-state index contributed by atoms with van der Waals surface area (Å²) in [7, 11) is 0. The van der Waals surface area contributed by atoms with E-state index in [-0.39, 0.29) is 0 Å². The second-order valence-corrected chi connectivity index (χ2v) is 4.96. The molecule has 0 aliphatic carbocycles. The fourth-order valence-electron chi connectivity index (χ4n) is 2.45. The number of hydrogen-bond donors (Lipinski definition) is 1. The lowest BCUT2D eigenvalue weighted by molar-refractivity contribution is -0.155. The minimum Gasteiger partial charge on any atom is -0.494 e. The molecule has 4 nitrogen and oxygen atoms in total. The van der Waals surface area contributed by atoms with Gasteiger partial charge in [0.15, 0.2) is 0 Å². The Hall–Kier alpha value is -1.55. The average Bonchev–Trinajstić information content (AvgIpc) is 2.46. The van der Waals surface area contributed by atoms with E-state index in [9.17, 15) is 9.90 Å². The molecule has 2 rings (SSSR count). The summed E-state index contributed by atoms with van der Waals surface area (Å²) in [5.41, 5.74) is -0.613. The van der Waals surface area contributed by atoms with E-state index in [4.69, 9.17) is 9.47 Å². The third-order valence-electron chi connectivity index (χ3n) is 3.72. The van der Waals surface area contributed by atoms with Crippen LogP contribution in [-0.2, 0) is 9.53 Å². The number of carbonyl (C=O) groups is 1. The third kappa shape index (κ3) is 3.70. The van der Waals surface area contributed by atoms with Crippen molar-refractivity contribution in [2.24, 2.45) is 5.41 Å². The molecule has 0 saturated carbocycles. The Labute approximate surface area is 113 Å². The third-order valence-corrected chi connectivity index (χ3v) is 3.72. The molecule has 1 aliphatic rings. The summed E-state index contributed by atoms with van der Waals surface area (Å²) in [5, 5.41) is 9.41. The lowest BCUT2D eigenvalue weighted by atomic mass is 9.76. The molecule has 0 bridgehead atoms. The zero-order valence-electron chi connectivity index (χ0n) is 11.0. The van der Waals surface area contributed by atoms with Crippen molar-refractivity contribution in [2.75, 3.05) is 19.8 Å². The molecule has 104 valence electrons. The van der Waals surface area contributed by atoms with Crippen molar-refractivity contribution in [3.63, 3.8) is 0 Å². The Morgan fingerprint density at radius 3 is 2.58 bits per heavy atom. The van der Waals surface area contributed by atoms with Crippen LogP contribution in [0.3, 0.4) is 0 Å². The molecule has 1 N–H and O–H groups in total. The maximum absolute atomic E-state index is 11.4. The minimum absolute atomic E-state index is 0.547. The first-order valence-electron chi connectivity index (χ1n) is 6.72. The summed E-state index contributed by atoms with van der Waals surface area (Å²) in [5.74, 6) is 0.134. The molecular formula is C15H20O4. The van der Waals surface area contributed by atoms with E-state index in [1.807, 2.05) is 30.3 Å². The van der Waals surface area contributed by atoms with E-state index in [1.165, 1.54) is 0 Å². The number of rotatable bonds is 6. The number of ether oxygens (including phenoxy) is 2. The van der Waals surface area contributed by atoms with Gasteiger partial charge in [0, 0.05) is 13.2 Å². The molecule has 1 aromatic carbocycles. The van der Waals surface area contributed by atoms with Gasteiger partial charge in [-0.05, 0) is 37.8 Å². The lowest BCUT2D eigenvalue weighted by Crippen LogP contribution is -2.37. The molecule has 4 heteroatoms. The molecule has 0 spiro atoms. The fourth-order valence-corrected chi connectivity index (χ4v) is 2.45. The first-order valence-corrected chi connectivity index (χ1v) is 6.72. The molecule has 1 aliphatic heterocycles. The minimum atomic E-state index is -0.699. The molecule has 0 amide bonds. The molecule has 0 aromatic heterocycles. The molecule has 1 saturated heterocycles. The van der Waals surface area contributed by atoms with Gasteiger partial charge in [-0.3, -0.25) is 4.79 Å². The largest absolute Gasteiger partial charge is 0.494 e. The van der Waals surface area contributed by atoms with Gasteiger partial charge in [-0.2, -0.15) is 0 Å². The molecule has 1 heterocycles. The topological polar surface area (TPSA) is 55.8 Å². The summed E-state index contributed by atoms with van der Waals surface area (Å²) in [4.78, 5) is 11.4. The maximum Gasteiger partial charge on any atom is 0.309 e. The monoisotopic (exact) mass is 264 g/mol. The lowest BCUT2D eigenvalue weighted by Gasteiger charge is -2.33. The van der Waals surface area contributed by atoms with Gasteiger partial charge in [0.1, 0.15) is 5.75 Å². The Bertz CT molecular complexity index is 396. The van der Waals surface area contributed by atoms with Gasteiger partial charge >= 0.3 is 5.97 Å². The van der Waals surface area contributed by atoms with Crippen LogP contribution in [-0.4, -0.2) is 30.9 Å². The van der Waals surface area contributed by atoms with Crippen LogP contribution in [0.15, 0.2) is 30.3 Å². The highest BCUT2D eigenvalue weighted by atomic mass is 16.5. The van der Waals surface area contributed by atoms with Crippen LogP contribution in [0.2, 0.25) is 0 Å². The number of benzene rings is 1. The van der Waals surface area contributed by atoms with Crippen molar-refractivity contribution in [2.45, 2.75) is 25.7 Å². The van der Waals surface area contributed by atoms with Gasteiger partial charge < -0.3 is 14.6 Å². The average molecular weight is 264 g/mol. The first kappa shape index (κ1) is 13.9. The molecule has 0 radical (unpaired) electrons. The molecule has 19 heavy (non-hydrogen) atoms. The predicted molar refractivity (Wildman–Crippen MR) is 71.3 cm³/mol. The number of carboxylic acid groups (broad SMARTS) is 1. The van der Waals surface area contributed by atoms with Crippen molar-refractivity contribution < 1.29 is 19.4 Å². The zero-order valence-corrected chi connectivity index (χ0v) is 11.0. The summed E-state index contributed by atoms with van der Waals surface area (Å²) in [6.45, 7) is 1.65. The molecule has 1 aromatic rings. The zero-order chi connectivity index (χ0) is 13.6. The highest BCUT2D eigenvalue weighted by Gasteiger charge is 2.39. The number of hydrogen-bond acceptors (Lipinski definition) is 3. The fraction of sp³-hybridized carbons (Fsp3) is 0.533. The van der Waals surface area contributed by atoms with Gasteiger partial charge in [0.2, 0.25) is 0 Å². The van der Waals surface area contributed by atoms with Crippen LogP contribution in [0.25, 0.3) is 0 Å². The summed E-state index contributed by atoms with van der Waals surface area (Å²) < 4.78 is 10.9. The molecule has 0 unspecified atom stereocenters. The van der Waals surface area contributed by atoms with Gasteiger partial charge in [-0.25, -0.2) is 0 Å². The van der Waals surface area contributed by atoms with Crippen LogP contribution < -0.4 is 4.74 Å². The van der Waals surface area contributed by atoms with Crippen molar-refractivity contribution in [3.8, 4) is 5.75 Å². The number of carboxylic acids is 1. The highest BCUT2D eigenvalue weighted by molar-refractivity contribution is 5.74. The van der Waals surface area contributed by atoms with Crippen molar-refractivity contribution in [1.82, 2.24) is 0 Å². The van der Waals surface area contributed by atoms with E-state index in [1.54, 1.807) is 0 Å². The molecular weight excluding hydrogens is 244 g/mol. The van der Waals surface area contributed by atoms with E-state index in [2.05, 4.69) is 0 Å². The Morgan fingerprint density at radius 1 is 1.26 bits per heavy atom. The first-order chi connectivity index (χ1) is 9.23. The van der Waals surface area contributed by atoms with Crippen LogP contribution in [0.1, 0.15) is 25.7 Å². The van der Waals surface area contributed by atoms with Gasteiger partial charge in [-0.15, -0.1) is 0 Å². The standard InChI is InChI=1S/C15H20O4/c16-14(17)15(8-11-18-12-9-15)7-4-10-19-13-5-2-1-3-6-13/h1-3,5-6H,4,7-12H2,(H,16,17). The highest BCUT2D eigenvalue weighted by Crippen LogP contribution is 2.35. The van der Waals surface area contributed by atoms with Gasteiger partial charge in [0.25, 0.3) is 0 Å². The van der Waals surface area contributed by atoms with E-state index < -0.39 is 11.4 Å². The predicted octanol–water partition coefficient (Wildman–Crippen LogP) is 2.73. The normalized spacial score (nSPS) is 17.9. The Balaban J connectivity index is 1.78. The van der Waals surface area contributed by atoms with Crippen molar-refractivity contribution in [3.05, 3.63) is 30.3 Å². The Morgan fingerprint density at radius 2 is 1.95 bits per heavy atom. The van der Waals surface area contributed by atoms with Crippen molar-refractivity contribution in [1.29, 1.82) is 0 Å². The van der Waals surface area contributed by atoms with Crippen LogP contribution in [0, 0.1) is 5.41 Å². The van der Waals surface area contributed by atoms with E-state index >= 15 is 0 Å². The molecule has 0 atom stereocenters. The second-order valence-electron chi connectivity index (χ2n) is 4.96. The van der Waals surface area contributed by atoms with Crippen LogP contribution in [0.5, 0.6) is 5.75 Å². The van der Waals surface area contributed by atoms with Crippen molar-refractivity contribution >= 4 is 5.97 Å². The summed E-state index contributed by atoms with van der Waals surface area (Å²) in [6, 6.07) is 9.59. The second kappa shape index (κ2) is 6.57. The van der Waals surface area contributed by atoms with Crippen LogP contribution >= 0.6 is 0 Å². The molecule has 1 fully saturated rings. The van der Waals surface area contributed by atoms with Crippen LogP contribution in [0.4, 0.5) is 0 Å². The Kier molecular flexibility index (Phi) is 4.80.